The minimum Gasteiger partial charge on any atom is -0.377 e. The van der Waals surface area contributed by atoms with Crippen molar-refractivity contribution in [3.63, 3.8) is 0 Å². The van der Waals surface area contributed by atoms with E-state index in [1.54, 1.807) is 18.2 Å². The molecule has 0 atom stereocenters. The molecule has 0 spiro atoms. The van der Waals surface area contributed by atoms with E-state index in [0.717, 1.165) is 12.8 Å². The van der Waals surface area contributed by atoms with Gasteiger partial charge in [0.05, 0.1) is 9.40 Å². The first-order valence-electron chi connectivity index (χ1n) is 4.38. The molecule has 0 bridgehead atoms. The highest BCUT2D eigenvalue weighted by Gasteiger charge is 2.25. The third-order valence-electron chi connectivity index (χ3n) is 2.11. The Morgan fingerprint density at radius 3 is 2.79 bits per heavy atom. The molecule has 0 saturated heterocycles. The Morgan fingerprint density at radius 1 is 1.50 bits per heavy atom. The number of para-hydroxylation sites is 1. The van der Waals surface area contributed by atoms with Gasteiger partial charge in [-0.25, -0.2) is 0 Å². The monoisotopic (exact) mass is 256 g/mol. The summed E-state index contributed by atoms with van der Waals surface area (Å²) in [5.74, 6) is 0. The van der Waals surface area contributed by atoms with E-state index in [-0.39, 0.29) is 10.6 Å². The smallest absolute Gasteiger partial charge is 0.306 e. The molecule has 14 heavy (non-hydrogen) atoms. The van der Waals surface area contributed by atoms with Crippen molar-refractivity contribution in [2.45, 2.75) is 18.9 Å². The highest BCUT2D eigenvalue weighted by molar-refractivity contribution is 9.10. The van der Waals surface area contributed by atoms with Crippen molar-refractivity contribution < 1.29 is 4.92 Å². The molecule has 2 rings (SSSR count). The molecule has 1 aliphatic rings. The van der Waals surface area contributed by atoms with Crippen molar-refractivity contribution in [1.82, 2.24) is 0 Å². The molecular formula is C9H9BrN2O2. The van der Waals surface area contributed by atoms with E-state index in [9.17, 15) is 10.1 Å². The van der Waals surface area contributed by atoms with E-state index in [1.165, 1.54) is 0 Å². The zero-order chi connectivity index (χ0) is 10.1. The van der Waals surface area contributed by atoms with Crippen molar-refractivity contribution in [3.05, 3.63) is 32.8 Å². The van der Waals surface area contributed by atoms with Crippen LogP contribution in [0.3, 0.4) is 0 Å². The topological polar surface area (TPSA) is 55.2 Å². The highest BCUT2D eigenvalue weighted by Crippen LogP contribution is 2.35. The van der Waals surface area contributed by atoms with Gasteiger partial charge in [0.25, 0.3) is 0 Å². The molecule has 0 aromatic heterocycles. The highest BCUT2D eigenvalue weighted by atomic mass is 79.9. The van der Waals surface area contributed by atoms with Crippen LogP contribution in [0.5, 0.6) is 0 Å². The average Bonchev–Trinajstić information content (AvgIpc) is 2.87. The largest absolute Gasteiger partial charge is 0.377 e. The number of nitro benzene ring substituents is 1. The molecule has 0 amide bonds. The summed E-state index contributed by atoms with van der Waals surface area (Å²) >= 11 is 3.18. The number of anilines is 1. The lowest BCUT2D eigenvalue weighted by Gasteiger charge is -2.05. The first-order chi connectivity index (χ1) is 6.68. The summed E-state index contributed by atoms with van der Waals surface area (Å²) < 4.78 is 0.521. The third-order valence-corrected chi connectivity index (χ3v) is 2.75. The second-order valence-electron chi connectivity index (χ2n) is 3.31. The van der Waals surface area contributed by atoms with Crippen LogP contribution in [0.2, 0.25) is 0 Å². The molecule has 0 aliphatic heterocycles. The van der Waals surface area contributed by atoms with Crippen molar-refractivity contribution in [3.8, 4) is 0 Å². The van der Waals surface area contributed by atoms with Crippen molar-refractivity contribution in [2.24, 2.45) is 0 Å². The average molecular weight is 257 g/mol. The zero-order valence-electron chi connectivity index (χ0n) is 7.37. The summed E-state index contributed by atoms with van der Waals surface area (Å²) in [4.78, 5) is 10.4. The first kappa shape index (κ1) is 9.45. The number of benzene rings is 1. The third kappa shape index (κ3) is 1.87. The number of rotatable bonds is 3. The standard InChI is InChI=1S/C9H9BrN2O2/c10-7-2-1-3-8(9(7)12(13)14)11-6-4-5-6/h1-3,6,11H,4-5H2. The van der Waals surface area contributed by atoms with Crippen LogP contribution in [0.25, 0.3) is 0 Å². The normalized spacial score (nSPS) is 15.2. The molecule has 74 valence electrons. The van der Waals surface area contributed by atoms with Gasteiger partial charge in [-0.15, -0.1) is 0 Å². The summed E-state index contributed by atoms with van der Waals surface area (Å²) in [6, 6.07) is 5.63. The Bertz CT molecular complexity index is 377. The van der Waals surface area contributed by atoms with Gasteiger partial charge in [-0.3, -0.25) is 10.1 Å². The molecule has 1 saturated carbocycles. The fraction of sp³-hybridized carbons (Fsp3) is 0.333. The maximum absolute atomic E-state index is 10.8. The van der Waals surface area contributed by atoms with Crippen LogP contribution in [0.1, 0.15) is 12.8 Å². The van der Waals surface area contributed by atoms with Gasteiger partial charge in [-0.05, 0) is 40.9 Å². The molecular weight excluding hydrogens is 248 g/mol. The minimum atomic E-state index is -0.366. The molecule has 5 heteroatoms. The van der Waals surface area contributed by atoms with Gasteiger partial charge < -0.3 is 5.32 Å². The summed E-state index contributed by atoms with van der Waals surface area (Å²) in [6.07, 6.45) is 2.20. The van der Waals surface area contributed by atoms with Gasteiger partial charge in [0, 0.05) is 6.04 Å². The number of halogens is 1. The second-order valence-corrected chi connectivity index (χ2v) is 4.17. The van der Waals surface area contributed by atoms with Gasteiger partial charge in [0.1, 0.15) is 5.69 Å². The Hall–Kier alpha value is -1.10. The number of hydrogen-bond acceptors (Lipinski definition) is 3. The van der Waals surface area contributed by atoms with Crippen LogP contribution in [-0.2, 0) is 0 Å². The molecule has 1 aromatic rings. The SMILES string of the molecule is O=[N+]([O-])c1c(Br)cccc1NC1CC1. The van der Waals surface area contributed by atoms with E-state index >= 15 is 0 Å². The fourth-order valence-corrected chi connectivity index (χ4v) is 1.78. The van der Waals surface area contributed by atoms with Gasteiger partial charge in [-0.1, -0.05) is 6.07 Å². The Morgan fingerprint density at radius 2 is 2.21 bits per heavy atom. The lowest BCUT2D eigenvalue weighted by molar-refractivity contribution is -0.384. The summed E-state index contributed by atoms with van der Waals surface area (Å²) in [6.45, 7) is 0. The summed E-state index contributed by atoms with van der Waals surface area (Å²) in [5.41, 5.74) is 0.728. The maximum Gasteiger partial charge on any atom is 0.306 e. The van der Waals surface area contributed by atoms with Gasteiger partial charge in [0.2, 0.25) is 0 Å². The Labute approximate surface area is 89.6 Å². The lowest BCUT2D eigenvalue weighted by atomic mass is 10.2. The number of nitro groups is 1. The van der Waals surface area contributed by atoms with Crippen LogP contribution in [0, 0.1) is 10.1 Å². The van der Waals surface area contributed by atoms with Gasteiger partial charge in [-0.2, -0.15) is 0 Å². The predicted molar refractivity (Wildman–Crippen MR) is 57.4 cm³/mol. The Balaban J connectivity index is 2.35. The Kier molecular flexibility index (Phi) is 2.41. The van der Waals surface area contributed by atoms with E-state index in [1.807, 2.05) is 0 Å². The van der Waals surface area contributed by atoms with E-state index in [4.69, 9.17) is 0 Å². The van der Waals surface area contributed by atoms with Gasteiger partial charge in [0.15, 0.2) is 0 Å². The van der Waals surface area contributed by atoms with Crippen LogP contribution < -0.4 is 5.32 Å². The number of hydrogen-bond donors (Lipinski definition) is 1. The molecule has 1 N–H and O–H groups in total. The quantitative estimate of drug-likeness (QED) is 0.669. The molecule has 1 aliphatic carbocycles. The maximum atomic E-state index is 10.8. The summed E-state index contributed by atoms with van der Waals surface area (Å²) in [5, 5.41) is 13.9. The molecule has 4 nitrogen and oxygen atoms in total. The zero-order valence-corrected chi connectivity index (χ0v) is 8.95. The molecule has 1 fully saturated rings. The molecule has 0 unspecified atom stereocenters. The number of nitrogens with zero attached hydrogens (tertiary/aromatic N) is 1. The van der Waals surface area contributed by atoms with E-state index in [0.29, 0.717) is 16.2 Å². The van der Waals surface area contributed by atoms with Crippen molar-refractivity contribution >= 4 is 27.3 Å². The van der Waals surface area contributed by atoms with E-state index < -0.39 is 0 Å². The van der Waals surface area contributed by atoms with Crippen LogP contribution >= 0.6 is 15.9 Å². The molecule has 0 heterocycles. The fourth-order valence-electron chi connectivity index (χ4n) is 1.26. The first-order valence-corrected chi connectivity index (χ1v) is 5.17. The van der Waals surface area contributed by atoms with E-state index in [2.05, 4.69) is 21.2 Å². The van der Waals surface area contributed by atoms with Crippen LogP contribution in [0.15, 0.2) is 22.7 Å². The lowest BCUT2D eigenvalue weighted by Crippen LogP contribution is -2.04. The predicted octanol–water partition coefficient (Wildman–Crippen LogP) is 2.93. The van der Waals surface area contributed by atoms with Crippen LogP contribution in [0.4, 0.5) is 11.4 Å². The number of nitrogens with one attached hydrogen (secondary N) is 1. The second kappa shape index (κ2) is 3.57. The van der Waals surface area contributed by atoms with Gasteiger partial charge >= 0.3 is 5.69 Å². The minimum absolute atomic E-state index is 0.124. The summed E-state index contributed by atoms with van der Waals surface area (Å²) in [7, 11) is 0. The molecule has 0 radical (unpaired) electrons. The van der Waals surface area contributed by atoms with Crippen molar-refractivity contribution in [1.29, 1.82) is 0 Å². The molecule has 1 aromatic carbocycles. The van der Waals surface area contributed by atoms with Crippen LogP contribution in [-0.4, -0.2) is 11.0 Å². The van der Waals surface area contributed by atoms with Crippen molar-refractivity contribution in [2.75, 3.05) is 5.32 Å².